The van der Waals surface area contributed by atoms with Crippen LogP contribution in [0.15, 0.2) is 36.5 Å². The van der Waals surface area contributed by atoms with E-state index in [1.807, 2.05) is 25.7 Å². The molecular formula is C33H45N5O3. The van der Waals surface area contributed by atoms with Gasteiger partial charge in [0.25, 0.3) is 0 Å². The molecule has 3 aliphatic heterocycles. The van der Waals surface area contributed by atoms with Gasteiger partial charge in [-0.1, -0.05) is 18.2 Å². The summed E-state index contributed by atoms with van der Waals surface area (Å²) in [5, 5.41) is 0. The molecule has 3 aliphatic rings. The Bertz CT molecular complexity index is 1410. The molecule has 2 aromatic heterocycles. The first-order valence-corrected chi connectivity index (χ1v) is 15.2. The van der Waals surface area contributed by atoms with Crippen molar-refractivity contribution in [1.29, 1.82) is 0 Å². The number of fused-ring (bicyclic) bond motifs is 1. The van der Waals surface area contributed by atoms with Gasteiger partial charge in [0.15, 0.2) is 0 Å². The number of ether oxygens (including phenoxy) is 2. The van der Waals surface area contributed by atoms with Crippen molar-refractivity contribution in [3.8, 4) is 0 Å². The molecule has 3 aromatic rings. The van der Waals surface area contributed by atoms with Gasteiger partial charge >= 0.3 is 6.09 Å². The lowest BCUT2D eigenvalue weighted by Crippen LogP contribution is -2.64. The van der Waals surface area contributed by atoms with E-state index in [2.05, 4.69) is 64.6 Å². The Morgan fingerprint density at radius 2 is 1.83 bits per heavy atom. The summed E-state index contributed by atoms with van der Waals surface area (Å²) in [5.74, 6) is 0. The quantitative estimate of drug-likeness (QED) is 0.428. The maximum Gasteiger partial charge on any atom is 0.410 e. The number of hydrogen-bond donors (Lipinski definition) is 0. The molecule has 1 spiro atoms. The molecule has 6 rings (SSSR count). The number of aromatic nitrogens is 2. The molecule has 5 heterocycles. The Hall–Kier alpha value is -3.10. The van der Waals surface area contributed by atoms with Crippen LogP contribution >= 0.6 is 0 Å². The molecular weight excluding hydrogens is 514 g/mol. The number of carbonyl (C=O) groups excluding carboxylic acids is 1. The molecule has 0 unspecified atom stereocenters. The molecule has 8 nitrogen and oxygen atoms in total. The van der Waals surface area contributed by atoms with E-state index in [-0.39, 0.29) is 11.5 Å². The number of piperidine rings is 1. The first-order valence-electron chi connectivity index (χ1n) is 15.2. The molecule has 0 saturated carbocycles. The Labute approximate surface area is 244 Å². The third kappa shape index (κ3) is 5.95. The van der Waals surface area contributed by atoms with Gasteiger partial charge in [0.2, 0.25) is 0 Å². The minimum absolute atomic E-state index is 0.158. The zero-order valence-corrected chi connectivity index (χ0v) is 25.4. The number of rotatable bonds is 5. The van der Waals surface area contributed by atoms with Gasteiger partial charge in [0.05, 0.1) is 30.3 Å². The molecule has 41 heavy (non-hydrogen) atoms. The first-order chi connectivity index (χ1) is 19.6. The largest absolute Gasteiger partial charge is 0.444 e. The van der Waals surface area contributed by atoms with Gasteiger partial charge in [-0.25, -0.2) is 9.78 Å². The predicted octanol–water partition coefficient (Wildman–Crippen LogP) is 5.21. The minimum Gasteiger partial charge on any atom is -0.444 e. The standard InChI is InChI=1S/C33H45N5O3/c1-24-8-6-9-26(25(24)2)18-29-28(34-30-11-10-27(19-38(29)30)36-14-16-40-17-15-36)20-35-13-7-12-33(21-35)22-37(23-33)31(39)41-32(3,4)5/h6,8-11,19H,7,12-18,20-23H2,1-5H3. The summed E-state index contributed by atoms with van der Waals surface area (Å²) in [5.41, 5.74) is 8.38. The van der Waals surface area contributed by atoms with Crippen LogP contribution in [0.4, 0.5) is 10.5 Å². The number of pyridine rings is 1. The van der Waals surface area contributed by atoms with Gasteiger partial charge in [-0.15, -0.1) is 0 Å². The summed E-state index contributed by atoms with van der Waals surface area (Å²) < 4.78 is 13.6. The van der Waals surface area contributed by atoms with E-state index in [1.54, 1.807) is 0 Å². The van der Waals surface area contributed by atoms with Crippen molar-refractivity contribution in [3.05, 3.63) is 64.6 Å². The number of hydrogen-bond acceptors (Lipinski definition) is 6. The maximum absolute atomic E-state index is 12.6. The van der Waals surface area contributed by atoms with Gasteiger partial charge in [0, 0.05) is 57.3 Å². The summed E-state index contributed by atoms with van der Waals surface area (Å²) >= 11 is 0. The third-order valence-corrected chi connectivity index (χ3v) is 9.05. The molecule has 0 aliphatic carbocycles. The summed E-state index contributed by atoms with van der Waals surface area (Å²) in [6.45, 7) is 18.0. The van der Waals surface area contributed by atoms with Crippen molar-refractivity contribution < 1.29 is 14.3 Å². The molecule has 8 heteroatoms. The van der Waals surface area contributed by atoms with E-state index in [4.69, 9.17) is 14.5 Å². The lowest BCUT2D eigenvalue weighted by Gasteiger charge is -2.54. The van der Waals surface area contributed by atoms with Gasteiger partial charge in [0.1, 0.15) is 11.2 Å². The van der Waals surface area contributed by atoms with Crippen LogP contribution in [0.1, 0.15) is 61.7 Å². The number of carbonyl (C=O) groups is 1. The summed E-state index contributed by atoms with van der Waals surface area (Å²) in [6.07, 6.45) is 5.24. The molecule has 0 radical (unpaired) electrons. The fourth-order valence-electron chi connectivity index (χ4n) is 6.77. The fraction of sp³-hybridized carbons (Fsp3) is 0.576. The van der Waals surface area contributed by atoms with E-state index >= 15 is 0 Å². The number of nitrogens with zero attached hydrogens (tertiary/aromatic N) is 5. The second-order valence-electron chi connectivity index (χ2n) is 13.4. The Balaban J connectivity index is 1.25. The predicted molar refractivity (Wildman–Crippen MR) is 162 cm³/mol. The lowest BCUT2D eigenvalue weighted by molar-refractivity contribution is -0.0659. The SMILES string of the molecule is Cc1cccc(Cc2c(CN3CCCC4(C3)CN(C(=O)OC(C)(C)C)C4)nc3ccc(N4CCOCC4)cn23)c1C. The van der Waals surface area contributed by atoms with Crippen LogP contribution in [0.5, 0.6) is 0 Å². The molecule has 220 valence electrons. The van der Waals surface area contributed by atoms with Crippen molar-refractivity contribution in [2.75, 3.05) is 57.4 Å². The smallest absolute Gasteiger partial charge is 0.410 e. The van der Waals surface area contributed by atoms with Crippen LogP contribution in [0.25, 0.3) is 5.65 Å². The third-order valence-electron chi connectivity index (χ3n) is 9.05. The molecule has 3 fully saturated rings. The average molecular weight is 560 g/mol. The Morgan fingerprint density at radius 1 is 1.05 bits per heavy atom. The van der Waals surface area contributed by atoms with Gasteiger partial charge in [-0.2, -0.15) is 0 Å². The van der Waals surface area contributed by atoms with Gasteiger partial charge < -0.3 is 23.7 Å². The zero-order chi connectivity index (χ0) is 28.8. The summed E-state index contributed by atoms with van der Waals surface area (Å²) in [7, 11) is 0. The van der Waals surface area contributed by atoms with E-state index in [0.29, 0.717) is 0 Å². The van der Waals surface area contributed by atoms with Crippen molar-refractivity contribution in [2.45, 2.75) is 66.0 Å². The number of aryl methyl sites for hydroxylation is 1. The van der Waals surface area contributed by atoms with Crippen LogP contribution in [0.2, 0.25) is 0 Å². The second-order valence-corrected chi connectivity index (χ2v) is 13.4. The van der Waals surface area contributed by atoms with Gasteiger partial charge in [-0.05, 0) is 82.8 Å². The molecule has 0 N–H and O–H groups in total. The number of morpholine rings is 1. The highest BCUT2D eigenvalue weighted by molar-refractivity contribution is 5.69. The van der Waals surface area contributed by atoms with Crippen LogP contribution in [-0.4, -0.2) is 83.4 Å². The lowest BCUT2D eigenvalue weighted by atomic mass is 9.73. The Morgan fingerprint density at radius 3 is 2.59 bits per heavy atom. The number of anilines is 1. The highest BCUT2D eigenvalue weighted by Crippen LogP contribution is 2.40. The molecule has 0 atom stereocenters. The van der Waals surface area contributed by atoms with Gasteiger partial charge in [-0.3, -0.25) is 4.90 Å². The van der Waals surface area contributed by atoms with Crippen molar-refractivity contribution >= 4 is 17.4 Å². The van der Waals surface area contributed by atoms with Crippen LogP contribution in [0.3, 0.4) is 0 Å². The summed E-state index contributed by atoms with van der Waals surface area (Å²) in [4.78, 5) is 24.7. The number of imidazole rings is 1. The first kappa shape index (κ1) is 28.0. The number of benzene rings is 1. The normalized spacial score (nSPS) is 19.5. The molecule has 0 bridgehead atoms. The highest BCUT2D eigenvalue weighted by atomic mass is 16.6. The van der Waals surface area contributed by atoms with Crippen LogP contribution in [-0.2, 0) is 22.4 Å². The van der Waals surface area contributed by atoms with E-state index in [1.165, 1.54) is 28.1 Å². The maximum atomic E-state index is 12.6. The Kier molecular flexibility index (Phi) is 7.49. The zero-order valence-electron chi connectivity index (χ0n) is 25.4. The highest BCUT2D eigenvalue weighted by Gasteiger charge is 2.48. The van der Waals surface area contributed by atoms with E-state index < -0.39 is 5.60 Å². The minimum atomic E-state index is -0.463. The monoisotopic (exact) mass is 559 g/mol. The van der Waals surface area contributed by atoms with Crippen molar-refractivity contribution in [3.63, 3.8) is 0 Å². The topological polar surface area (TPSA) is 62.5 Å². The average Bonchev–Trinajstić information content (AvgIpc) is 3.25. The van der Waals surface area contributed by atoms with Crippen LogP contribution in [0, 0.1) is 19.3 Å². The van der Waals surface area contributed by atoms with Crippen LogP contribution < -0.4 is 4.90 Å². The number of amides is 1. The van der Waals surface area contributed by atoms with Crippen molar-refractivity contribution in [1.82, 2.24) is 19.2 Å². The molecule has 3 saturated heterocycles. The van der Waals surface area contributed by atoms with Crippen molar-refractivity contribution in [2.24, 2.45) is 5.41 Å². The molecule has 1 aromatic carbocycles. The second kappa shape index (κ2) is 11.0. The van der Waals surface area contributed by atoms with E-state index in [0.717, 1.165) is 89.6 Å². The molecule has 1 amide bonds. The number of likely N-dealkylation sites (tertiary alicyclic amines) is 2. The van der Waals surface area contributed by atoms with E-state index in [9.17, 15) is 4.79 Å². The fourth-order valence-corrected chi connectivity index (χ4v) is 6.77. The summed E-state index contributed by atoms with van der Waals surface area (Å²) in [6, 6.07) is 11.0.